The predicted molar refractivity (Wildman–Crippen MR) is 69.1 cm³/mol. The Morgan fingerprint density at radius 2 is 2.33 bits per heavy atom. The van der Waals surface area contributed by atoms with E-state index in [1.807, 2.05) is 0 Å². The standard InChI is InChI=1S/C11H11N3O3S/c1-17-6-2-3-9(15)7(4-6)13-10(16)8-5-18-11(12)14-8/h2-5,15H,1H3,(H2,12,14)(H,13,16). The summed E-state index contributed by atoms with van der Waals surface area (Å²) < 4.78 is 5.01. The fourth-order valence-electron chi connectivity index (χ4n) is 1.32. The van der Waals surface area contributed by atoms with Crippen molar-refractivity contribution in [2.45, 2.75) is 0 Å². The van der Waals surface area contributed by atoms with Crippen LogP contribution >= 0.6 is 11.3 Å². The van der Waals surface area contributed by atoms with Gasteiger partial charge in [0.1, 0.15) is 17.2 Å². The number of aromatic hydroxyl groups is 1. The first-order valence-electron chi connectivity index (χ1n) is 4.99. The average molecular weight is 265 g/mol. The van der Waals surface area contributed by atoms with Crippen molar-refractivity contribution in [1.29, 1.82) is 0 Å². The van der Waals surface area contributed by atoms with E-state index >= 15 is 0 Å². The Kier molecular flexibility index (Phi) is 3.33. The fourth-order valence-corrected chi connectivity index (χ4v) is 1.86. The number of nitrogens with one attached hydrogen (secondary N) is 1. The van der Waals surface area contributed by atoms with Crippen LogP contribution in [0.2, 0.25) is 0 Å². The number of methoxy groups -OCH3 is 1. The van der Waals surface area contributed by atoms with Crippen LogP contribution in [0.5, 0.6) is 11.5 Å². The van der Waals surface area contributed by atoms with Gasteiger partial charge in [0.2, 0.25) is 0 Å². The molecule has 0 aliphatic heterocycles. The normalized spacial score (nSPS) is 10.1. The van der Waals surface area contributed by atoms with Crippen LogP contribution in [0, 0.1) is 0 Å². The van der Waals surface area contributed by atoms with Crippen molar-refractivity contribution in [3.63, 3.8) is 0 Å². The Morgan fingerprint density at radius 3 is 2.94 bits per heavy atom. The second kappa shape index (κ2) is 4.92. The highest BCUT2D eigenvalue weighted by molar-refractivity contribution is 7.13. The molecular weight excluding hydrogens is 254 g/mol. The maximum atomic E-state index is 11.8. The summed E-state index contributed by atoms with van der Waals surface area (Å²) in [5.41, 5.74) is 5.91. The molecule has 0 bridgehead atoms. The van der Waals surface area contributed by atoms with Gasteiger partial charge < -0.3 is 20.9 Å². The summed E-state index contributed by atoms with van der Waals surface area (Å²) in [6.07, 6.45) is 0. The summed E-state index contributed by atoms with van der Waals surface area (Å²) in [6.45, 7) is 0. The van der Waals surface area contributed by atoms with Gasteiger partial charge >= 0.3 is 0 Å². The number of amides is 1. The van der Waals surface area contributed by atoms with Gasteiger partial charge in [0.25, 0.3) is 5.91 Å². The van der Waals surface area contributed by atoms with Gasteiger partial charge in [-0.25, -0.2) is 4.98 Å². The van der Waals surface area contributed by atoms with Crippen molar-refractivity contribution in [2.24, 2.45) is 0 Å². The molecule has 4 N–H and O–H groups in total. The molecule has 1 aromatic carbocycles. The van der Waals surface area contributed by atoms with E-state index in [-0.39, 0.29) is 17.1 Å². The van der Waals surface area contributed by atoms with Gasteiger partial charge in [-0.2, -0.15) is 0 Å². The smallest absolute Gasteiger partial charge is 0.275 e. The molecule has 0 radical (unpaired) electrons. The van der Waals surface area contributed by atoms with Crippen molar-refractivity contribution >= 4 is 28.1 Å². The van der Waals surface area contributed by atoms with Crippen LogP contribution in [0.1, 0.15) is 10.5 Å². The molecular formula is C11H11N3O3S. The molecule has 1 aromatic heterocycles. The Hall–Kier alpha value is -2.28. The molecule has 0 aliphatic rings. The molecule has 2 aromatic rings. The SMILES string of the molecule is COc1ccc(O)c(NC(=O)c2csc(N)n2)c1. The molecule has 18 heavy (non-hydrogen) atoms. The maximum absolute atomic E-state index is 11.8. The van der Waals surface area contributed by atoms with Gasteiger partial charge in [-0.05, 0) is 12.1 Å². The molecule has 94 valence electrons. The van der Waals surface area contributed by atoms with Crippen LogP contribution in [0.15, 0.2) is 23.6 Å². The summed E-state index contributed by atoms with van der Waals surface area (Å²) in [5, 5.41) is 14.0. The lowest BCUT2D eigenvalue weighted by Crippen LogP contribution is -2.12. The van der Waals surface area contributed by atoms with Crippen molar-refractivity contribution in [3.05, 3.63) is 29.3 Å². The number of nitrogen functional groups attached to an aromatic ring is 1. The summed E-state index contributed by atoms with van der Waals surface area (Å²) >= 11 is 1.17. The van der Waals surface area contributed by atoms with E-state index in [9.17, 15) is 9.90 Å². The molecule has 1 heterocycles. The van der Waals surface area contributed by atoms with E-state index in [0.29, 0.717) is 10.9 Å². The Bertz CT molecular complexity index is 583. The first kappa shape index (κ1) is 12.2. The third-order valence-corrected chi connectivity index (χ3v) is 2.88. The lowest BCUT2D eigenvalue weighted by atomic mass is 10.2. The van der Waals surface area contributed by atoms with Crippen molar-refractivity contribution in [2.75, 3.05) is 18.2 Å². The molecule has 1 amide bonds. The summed E-state index contributed by atoms with van der Waals surface area (Å²) in [7, 11) is 1.50. The average Bonchev–Trinajstić information content (AvgIpc) is 2.79. The number of ether oxygens (including phenoxy) is 1. The number of phenolic OH excluding ortho intramolecular Hbond substituents is 1. The molecule has 0 aliphatic carbocycles. The lowest BCUT2D eigenvalue weighted by Gasteiger charge is -2.07. The number of carbonyl (C=O) groups is 1. The zero-order valence-corrected chi connectivity index (χ0v) is 10.3. The highest BCUT2D eigenvalue weighted by Crippen LogP contribution is 2.28. The van der Waals surface area contributed by atoms with Gasteiger partial charge in [-0.3, -0.25) is 4.79 Å². The second-order valence-corrected chi connectivity index (χ2v) is 4.30. The van der Waals surface area contributed by atoms with E-state index in [0.717, 1.165) is 0 Å². The fraction of sp³-hybridized carbons (Fsp3) is 0.0909. The number of carbonyl (C=O) groups excluding carboxylic acids is 1. The predicted octanol–water partition coefficient (Wildman–Crippen LogP) is 1.69. The third kappa shape index (κ3) is 2.51. The van der Waals surface area contributed by atoms with Crippen LogP contribution in [0.4, 0.5) is 10.8 Å². The number of nitrogens with zero attached hydrogens (tertiary/aromatic N) is 1. The topological polar surface area (TPSA) is 97.5 Å². The number of thiazole rings is 1. The van der Waals surface area contributed by atoms with E-state index in [1.54, 1.807) is 11.4 Å². The first-order valence-corrected chi connectivity index (χ1v) is 5.87. The van der Waals surface area contributed by atoms with Crippen LogP contribution in [-0.4, -0.2) is 23.1 Å². The molecule has 0 fully saturated rings. The van der Waals surface area contributed by atoms with Crippen molar-refractivity contribution in [1.82, 2.24) is 4.98 Å². The Morgan fingerprint density at radius 1 is 1.56 bits per heavy atom. The number of rotatable bonds is 3. The molecule has 6 nitrogen and oxygen atoms in total. The van der Waals surface area contributed by atoms with Gasteiger partial charge in [-0.15, -0.1) is 11.3 Å². The minimum atomic E-state index is -0.438. The van der Waals surface area contributed by atoms with Crippen molar-refractivity contribution in [3.8, 4) is 11.5 Å². The van der Waals surface area contributed by atoms with E-state index in [2.05, 4.69) is 10.3 Å². The molecule has 0 atom stereocenters. The molecule has 0 saturated carbocycles. The lowest BCUT2D eigenvalue weighted by molar-refractivity contribution is 0.102. The number of aromatic nitrogens is 1. The highest BCUT2D eigenvalue weighted by Gasteiger charge is 2.12. The maximum Gasteiger partial charge on any atom is 0.275 e. The van der Waals surface area contributed by atoms with Crippen LogP contribution in [0.25, 0.3) is 0 Å². The quantitative estimate of drug-likeness (QED) is 0.734. The van der Waals surface area contributed by atoms with E-state index < -0.39 is 5.91 Å². The highest BCUT2D eigenvalue weighted by atomic mass is 32.1. The van der Waals surface area contributed by atoms with Gasteiger partial charge in [0.15, 0.2) is 5.13 Å². The zero-order valence-electron chi connectivity index (χ0n) is 9.51. The Balaban J connectivity index is 2.21. The minimum Gasteiger partial charge on any atom is -0.506 e. The molecule has 2 rings (SSSR count). The van der Waals surface area contributed by atoms with Crippen LogP contribution in [-0.2, 0) is 0 Å². The monoisotopic (exact) mass is 265 g/mol. The minimum absolute atomic E-state index is 0.0487. The first-order chi connectivity index (χ1) is 8.60. The van der Waals surface area contributed by atoms with Gasteiger partial charge in [0, 0.05) is 11.4 Å². The number of hydrogen-bond donors (Lipinski definition) is 3. The molecule has 0 saturated heterocycles. The molecule has 7 heteroatoms. The van der Waals surface area contributed by atoms with Crippen LogP contribution < -0.4 is 15.8 Å². The number of hydrogen-bond acceptors (Lipinski definition) is 6. The summed E-state index contributed by atoms with van der Waals surface area (Å²) in [5.74, 6) is 0.0414. The van der Waals surface area contributed by atoms with Gasteiger partial charge in [0.05, 0.1) is 12.8 Å². The second-order valence-electron chi connectivity index (χ2n) is 3.41. The van der Waals surface area contributed by atoms with Crippen molar-refractivity contribution < 1.29 is 14.6 Å². The summed E-state index contributed by atoms with van der Waals surface area (Å²) in [6, 6.07) is 4.54. The number of benzene rings is 1. The summed E-state index contributed by atoms with van der Waals surface area (Å²) in [4.78, 5) is 15.7. The Labute approximate surface area is 107 Å². The number of anilines is 2. The van der Waals surface area contributed by atoms with E-state index in [1.165, 1.54) is 30.6 Å². The molecule has 0 unspecified atom stereocenters. The number of nitrogens with two attached hydrogens (primary N) is 1. The largest absolute Gasteiger partial charge is 0.506 e. The number of phenols is 1. The van der Waals surface area contributed by atoms with Crippen LogP contribution in [0.3, 0.4) is 0 Å². The van der Waals surface area contributed by atoms with E-state index in [4.69, 9.17) is 10.5 Å². The zero-order chi connectivity index (χ0) is 13.1. The third-order valence-electron chi connectivity index (χ3n) is 2.21. The molecule has 0 spiro atoms. The van der Waals surface area contributed by atoms with Gasteiger partial charge in [-0.1, -0.05) is 0 Å².